The molecule has 0 atom stereocenters. The molecule has 0 saturated heterocycles. The highest BCUT2D eigenvalue weighted by molar-refractivity contribution is 5.95. The van der Waals surface area contributed by atoms with Crippen LogP contribution in [0.15, 0.2) is 103 Å². The number of hydrogen-bond donors (Lipinski definition) is 1. The van der Waals surface area contributed by atoms with Crippen LogP contribution in [0.2, 0.25) is 0 Å². The molecule has 3 rings (SSSR count). The molecule has 3 aromatic rings. The number of allylic oxidation sites excluding steroid dienone is 4. The van der Waals surface area contributed by atoms with Crippen molar-refractivity contribution in [3.8, 4) is 11.1 Å². The third kappa shape index (κ3) is 27.3. The Kier molecular flexibility index (Phi) is 34.8. The lowest BCUT2D eigenvalue weighted by molar-refractivity contribution is 0.101. The van der Waals surface area contributed by atoms with Crippen LogP contribution in [-0.2, 0) is 0 Å². The summed E-state index contributed by atoms with van der Waals surface area (Å²) in [7, 11) is 0. The fourth-order valence-electron chi connectivity index (χ4n) is 4.65. The lowest BCUT2D eigenvalue weighted by Crippen LogP contribution is -2.03. The molecule has 0 saturated carbocycles. The Morgan fingerprint density at radius 3 is 1.65 bits per heavy atom. The molecule has 1 heterocycles. The van der Waals surface area contributed by atoms with Gasteiger partial charge in [0.2, 0.25) is 0 Å². The molecular formula is C51H85N3O. The van der Waals surface area contributed by atoms with Gasteiger partial charge in [-0.3, -0.25) is 9.48 Å². The summed E-state index contributed by atoms with van der Waals surface area (Å²) in [5.74, 6) is 1.60. The van der Waals surface area contributed by atoms with Crippen molar-refractivity contribution in [3.05, 3.63) is 120 Å². The van der Waals surface area contributed by atoms with Crippen LogP contribution in [0.4, 0.5) is 5.69 Å². The number of carbonyl (C=O) groups is 1. The smallest absolute Gasteiger partial charge is 0.159 e. The zero-order chi connectivity index (χ0) is 42.9. The summed E-state index contributed by atoms with van der Waals surface area (Å²) in [6, 6.07) is 15.1. The fourth-order valence-corrected chi connectivity index (χ4v) is 4.65. The predicted octanol–water partition coefficient (Wildman–Crippen LogP) is 16.9. The van der Waals surface area contributed by atoms with Gasteiger partial charge >= 0.3 is 0 Å². The van der Waals surface area contributed by atoms with Crippen molar-refractivity contribution in [2.24, 2.45) is 5.92 Å². The van der Waals surface area contributed by atoms with Crippen LogP contribution < -0.4 is 5.32 Å². The summed E-state index contributed by atoms with van der Waals surface area (Å²) in [5.41, 5.74) is 9.47. The molecule has 0 aliphatic rings. The van der Waals surface area contributed by atoms with Gasteiger partial charge < -0.3 is 5.32 Å². The number of Topliss-reactive ketones (excluding diaryl/α,β-unsaturated/α-hetero) is 1. The number of nitrogens with one attached hydrogen (secondary N) is 1. The first-order valence-corrected chi connectivity index (χ1v) is 21.2. The van der Waals surface area contributed by atoms with E-state index >= 15 is 0 Å². The molecule has 2 aromatic carbocycles. The molecule has 1 aromatic heterocycles. The molecule has 0 bridgehead atoms. The van der Waals surface area contributed by atoms with E-state index in [9.17, 15) is 4.79 Å². The molecule has 0 aliphatic carbocycles. The predicted molar refractivity (Wildman–Crippen MR) is 251 cm³/mol. The van der Waals surface area contributed by atoms with Gasteiger partial charge in [-0.15, -0.1) is 0 Å². The highest BCUT2D eigenvalue weighted by Crippen LogP contribution is 2.29. The number of ketones is 1. The van der Waals surface area contributed by atoms with Crippen LogP contribution in [-0.4, -0.2) is 15.6 Å². The van der Waals surface area contributed by atoms with E-state index in [-0.39, 0.29) is 5.78 Å². The van der Waals surface area contributed by atoms with Crippen LogP contribution >= 0.6 is 0 Å². The van der Waals surface area contributed by atoms with Crippen molar-refractivity contribution in [3.63, 3.8) is 0 Å². The van der Waals surface area contributed by atoms with Gasteiger partial charge in [-0.1, -0.05) is 182 Å². The fraction of sp³-hybridized carbons (Fsp3) is 0.529. The molecule has 4 nitrogen and oxygen atoms in total. The number of rotatable bonds is 13. The summed E-state index contributed by atoms with van der Waals surface area (Å²) in [4.78, 5) is 11.5. The Morgan fingerprint density at radius 1 is 0.782 bits per heavy atom. The zero-order valence-electron chi connectivity index (χ0n) is 38.8. The van der Waals surface area contributed by atoms with Gasteiger partial charge in [0, 0.05) is 34.8 Å². The summed E-state index contributed by atoms with van der Waals surface area (Å²) in [6.07, 6.45) is 18.7. The van der Waals surface area contributed by atoms with Crippen molar-refractivity contribution < 1.29 is 4.79 Å². The van der Waals surface area contributed by atoms with Gasteiger partial charge in [0.15, 0.2) is 5.78 Å². The largest absolute Gasteiger partial charge is 0.355 e. The van der Waals surface area contributed by atoms with E-state index in [4.69, 9.17) is 0 Å². The standard InChI is InChI=1S/C19H28N2.C19H23NO.C4H10.3C3H8/c1-5-7-16(8-6-2)17-9-11-18(12-10-17)19-13-20-21(14-19)15(3)4;1-7-17(10-8-13(2)3)15(5)20-19-12-18(16(6)21)11-9-14(19)4;1-4(2)3;3*1-3-2/h9-16H,5-8H2,1-4H3;7-12,20H,1,5H2,2-4,6H3;4H,1-3H3;3*3H2,1-2H3/b;17-10+;;;;. The third-order valence-corrected chi connectivity index (χ3v) is 7.21. The van der Waals surface area contributed by atoms with Gasteiger partial charge in [0.05, 0.1) is 6.20 Å². The number of hydrogen-bond acceptors (Lipinski definition) is 3. The Balaban J connectivity index is -0.000000748. The summed E-state index contributed by atoms with van der Waals surface area (Å²) < 4.78 is 2.01. The summed E-state index contributed by atoms with van der Waals surface area (Å²) in [5, 5.41) is 7.69. The van der Waals surface area contributed by atoms with E-state index in [1.807, 2.05) is 62.0 Å². The number of aryl methyl sites for hydroxylation is 1. The molecule has 4 heteroatoms. The maximum absolute atomic E-state index is 11.5. The second-order valence-electron chi connectivity index (χ2n) is 15.3. The van der Waals surface area contributed by atoms with Crippen molar-refractivity contribution >= 4 is 11.5 Å². The lowest BCUT2D eigenvalue weighted by atomic mass is 9.89. The summed E-state index contributed by atoms with van der Waals surface area (Å²) in [6.45, 7) is 43.6. The van der Waals surface area contributed by atoms with Gasteiger partial charge in [-0.25, -0.2) is 0 Å². The third-order valence-electron chi connectivity index (χ3n) is 7.21. The van der Waals surface area contributed by atoms with Gasteiger partial charge in [-0.2, -0.15) is 5.10 Å². The molecule has 55 heavy (non-hydrogen) atoms. The minimum Gasteiger partial charge on any atom is -0.355 e. The normalized spacial score (nSPS) is 10.1. The number of nitrogens with zero attached hydrogens (tertiary/aromatic N) is 2. The van der Waals surface area contributed by atoms with Crippen LogP contribution in [0.25, 0.3) is 11.1 Å². The van der Waals surface area contributed by atoms with Crippen LogP contribution in [0.1, 0.15) is 189 Å². The molecule has 0 unspecified atom stereocenters. The molecule has 0 spiro atoms. The van der Waals surface area contributed by atoms with Crippen molar-refractivity contribution in [2.75, 3.05) is 5.32 Å². The van der Waals surface area contributed by atoms with Gasteiger partial charge in [0.1, 0.15) is 0 Å². The second kappa shape index (κ2) is 34.6. The van der Waals surface area contributed by atoms with Crippen LogP contribution in [0, 0.1) is 12.8 Å². The molecule has 0 fully saturated rings. The monoisotopic (exact) mass is 756 g/mol. The maximum Gasteiger partial charge on any atom is 0.159 e. The van der Waals surface area contributed by atoms with E-state index in [1.54, 1.807) is 13.0 Å². The number of aromatic nitrogens is 2. The van der Waals surface area contributed by atoms with E-state index in [0.29, 0.717) is 17.5 Å². The van der Waals surface area contributed by atoms with Gasteiger partial charge in [-0.05, 0) is 94.5 Å². The topological polar surface area (TPSA) is 46.9 Å². The average molecular weight is 756 g/mol. The van der Waals surface area contributed by atoms with E-state index in [2.05, 4.69) is 144 Å². The minimum absolute atomic E-state index is 0.0488. The van der Waals surface area contributed by atoms with E-state index in [1.165, 1.54) is 67.2 Å². The number of carbonyl (C=O) groups excluding carboxylic acids is 1. The van der Waals surface area contributed by atoms with Gasteiger partial charge in [0.25, 0.3) is 0 Å². The first kappa shape index (κ1) is 55.4. The highest BCUT2D eigenvalue weighted by atomic mass is 16.1. The Bertz CT molecular complexity index is 1470. The minimum atomic E-state index is 0.0488. The highest BCUT2D eigenvalue weighted by Gasteiger charge is 2.11. The average Bonchev–Trinajstić information content (AvgIpc) is 3.62. The van der Waals surface area contributed by atoms with E-state index in [0.717, 1.165) is 28.4 Å². The first-order valence-electron chi connectivity index (χ1n) is 21.2. The molecule has 1 N–H and O–H groups in total. The van der Waals surface area contributed by atoms with Crippen molar-refractivity contribution in [1.29, 1.82) is 0 Å². The van der Waals surface area contributed by atoms with Crippen molar-refractivity contribution in [2.45, 2.75) is 175 Å². The first-order chi connectivity index (χ1) is 26.0. The number of benzene rings is 2. The van der Waals surface area contributed by atoms with Crippen molar-refractivity contribution in [1.82, 2.24) is 9.78 Å². The molecule has 0 radical (unpaired) electrons. The SMILES string of the molecule is C=C/C(=C\C=C(C)C)C(=C)Nc1cc(C(C)=O)ccc1C.CC(C)C.CCC.CCC.CCC.CCCC(CCC)c1ccc(-c2cnn(C(C)C)c2)cc1. The Labute approximate surface area is 341 Å². The Morgan fingerprint density at radius 2 is 1.27 bits per heavy atom. The molecular weight excluding hydrogens is 671 g/mol. The molecule has 0 amide bonds. The number of anilines is 1. The quantitative estimate of drug-likeness (QED) is 0.140. The van der Waals surface area contributed by atoms with Crippen LogP contribution in [0.5, 0.6) is 0 Å². The Hall–Kier alpha value is -3.92. The molecule has 310 valence electrons. The molecule has 0 aliphatic heterocycles. The maximum atomic E-state index is 11.5. The second-order valence-corrected chi connectivity index (χ2v) is 15.3. The van der Waals surface area contributed by atoms with Crippen LogP contribution in [0.3, 0.4) is 0 Å². The lowest BCUT2D eigenvalue weighted by Gasteiger charge is -2.16. The summed E-state index contributed by atoms with van der Waals surface area (Å²) >= 11 is 0. The zero-order valence-corrected chi connectivity index (χ0v) is 38.8. The van der Waals surface area contributed by atoms with E-state index < -0.39 is 0 Å².